The molecule has 1 N–H and O–H groups in total. The number of aromatic nitrogens is 2. The maximum atomic E-state index is 13.2. The first-order valence-electron chi connectivity index (χ1n) is 8.90. The molecule has 0 aliphatic rings. The molecule has 1 heterocycles. The van der Waals surface area contributed by atoms with E-state index in [2.05, 4.69) is 4.98 Å². The Morgan fingerprint density at radius 2 is 1.76 bits per heavy atom. The number of phenols is 1. The smallest absolute Gasteiger partial charge is 0.266 e. The van der Waals surface area contributed by atoms with Crippen LogP contribution in [0.25, 0.3) is 28.7 Å². The predicted octanol–water partition coefficient (Wildman–Crippen LogP) is 4.92. The fourth-order valence-electron chi connectivity index (χ4n) is 3.10. The van der Waals surface area contributed by atoms with Crippen LogP contribution in [0.3, 0.4) is 0 Å². The molecule has 0 amide bonds. The molecular weight excluding hydrogens is 388 g/mol. The lowest BCUT2D eigenvalue weighted by Gasteiger charge is -2.11. The summed E-state index contributed by atoms with van der Waals surface area (Å²) < 4.78 is 6.72. The third kappa shape index (κ3) is 3.60. The number of methoxy groups -OCH3 is 1. The van der Waals surface area contributed by atoms with Crippen LogP contribution in [-0.4, -0.2) is 21.8 Å². The summed E-state index contributed by atoms with van der Waals surface area (Å²) in [6.45, 7) is 0. The molecule has 0 aliphatic carbocycles. The van der Waals surface area contributed by atoms with E-state index in [1.165, 1.54) is 7.11 Å². The average molecular weight is 405 g/mol. The minimum atomic E-state index is -0.150. The van der Waals surface area contributed by atoms with Crippen LogP contribution in [0, 0.1) is 0 Å². The molecule has 0 spiro atoms. The summed E-state index contributed by atoms with van der Waals surface area (Å²) in [5.41, 5.74) is 1.89. The Morgan fingerprint density at radius 3 is 2.52 bits per heavy atom. The zero-order chi connectivity index (χ0) is 20.4. The maximum Gasteiger partial charge on any atom is 0.266 e. The van der Waals surface area contributed by atoms with Gasteiger partial charge >= 0.3 is 0 Å². The Balaban J connectivity index is 1.91. The predicted molar refractivity (Wildman–Crippen MR) is 116 cm³/mol. The number of hydrogen-bond acceptors (Lipinski definition) is 4. The van der Waals surface area contributed by atoms with Gasteiger partial charge in [0.25, 0.3) is 5.56 Å². The van der Waals surface area contributed by atoms with Crippen molar-refractivity contribution in [2.24, 2.45) is 0 Å². The fraction of sp³-hybridized carbons (Fsp3) is 0.0435. The third-order valence-electron chi connectivity index (χ3n) is 4.51. The molecule has 6 heteroatoms. The molecule has 29 heavy (non-hydrogen) atoms. The third-order valence-corrected chi connectivity index (χ3v) is 4.80. The lowest BCUT2D eigenvalue weighted by molar-refractivity contribution is 0.373. The minimum absolute atomic E-state index is 0.114. The van der Waals surface area contributed by atoms with Gasteiger partial charge in [0.05, 0.1) is 28.7 Å². The molecule has 0 bridgehead atoms. The van der Waals surface area contributed by atoms with Gasteiger partial charge in [-0.3, -0.25) is 9.36 Å². The molecule has 4 aromatic rings. The summed E-state index contributed by atoms with van der Waals surface area (Å²) in [5, 5.41) is 10.6. The Labute approximate surface area is 172 Å². The maximum absolute atomic E-state index is 13.2. The molecule has 0 saturated carbocycles. The van der Waals surface area contributed by atoms with Gasteiger partial charge in [0, 0.05) is 0 Å². The topological polar surface area (TPSA) is 64.3 Å². The summed E-state index contributed by atoms with van der Waals surface area (Å²) in [7, 11) is 1.46. The van der Waals surface area contributed by atoms with E-state index in [0.717, 1.165) is 5.69 Å². The molecule has 5 nitrogen and oxygen atoms in total. The second kappa shape index (κ2) is 7.81. The Morgan fingerprint density at radius 1 is 1.03 bits per heavy atom. The number of para-hydroxylation sites is 2. The van der Waals surface area contributed by atoms with Crippen molar-refractivity contribution >= 4 is 34.7 Å². The van der Waals surface area contributed by atoms with E-state index in [9.17, 15) is 9.90 Å². The van der Waals surface area contributed by atoms with Crippen molar-refractivity contribution < 1.29 is 9.84 Å². The van der Waals surface area contributed by atoms with Crippen molar-refractivity contribution in [1.29, 1.82) is 0 Å². The lowest BCUT2D eigenvalue weighted by Crippen LogP contribution is -2.22. The van der Waals surface area contributed by atoms with Crippen molar-refractivity contribution in [2.45, 2.75) is 0 Å². The minimum Gasteiger partial charge on any atom is -0.503 e. The summed E-state index contributed by atoms with van der Waals surface area (Å²) in [4.78, 5) is 17.8. The number of phenolic OH excluding ortho intramolecular Hbond substituents is 1. The molecule has 0 saturated heterocycles. The SMILES string of the molecule is COc1cc(/C=C/c2nc3ccccc3c(=O)n2-c2ccccc2)cc(Cl)c1O. The first kappa shape index (κ1) is 18.8. The van der Waals surface area contributed by atoms with Gasteiger partial charge in [-0.25, -0.2) is 4.98 Å². The van der Waals surface area contributed by atoms with Crippen LogP contribution in [0.4, 0.5) is 0 Å². The van der Waals surface area contributed by atoms with Crippen LogP contribution in [0.5, 0.6) is 11.5 Å². The highest BCUT2D eigenvalue weighted by Crippen LogP contribution is 2.35. The average Bonchev–Trinajstić information content (AvgIpc) is 2.75. The summed E-state index contributed by atoms with van der Waals surface area (Å²) >= 11 is 6.08. The molecule has 0 unspecified atom stereocenters. The monoisotopic (exact) mass is 404 g/mol. The molecule has 0 radical (unpaired) electrons. The van der Waals surface area contributed by atoms with Crippen LogP contribution >= 0.6 is 11.6 Å². The van der Waals surface area contributed by atoms with Gasteiger partial charge in [-0.05, 0) is 48.0 Å². The normalized spacial score (nSPS) is 11.2. The lowest BCUT2D eigenvalue weighted by atomic mass is 10.1. The molecule has 0 fully saturated rings. The summed E-state index contributed by atoms with van der Waals surface area (Å²) in [6, 6.07) is 19.9. The number of aromatic hydroxyl groups is 1. The van der Waals surface area contributed by atoms with Gasteiger partial charge in [-0.1, -0.05) is 48.0 Å². The number of nitrogens with zero attached hydrogens (tertiary/aromatic N) is 2. The van der Waals surface area contributed by atoms with E-state index in [0.29, 0.717) is 22.3 Å². The zero-order valence-electron chi connectivity index (χ0n) is 15.5. The van der Waals surface area contributed by atoms with Crippen molar-refractivity contribution in [2.75, 3.05) is 7.11 Å². The summed E-state index contributed by atoms with van der Waals surface area (Å²) in [6.07, 6.45) is 3.51. The first-order valence-corrected chi connectivity index (χ1v) is 9.28. The second-order valence-electron chi connectivity index (χ2n) is 6.35. The number of hydrogen-bond donors (Lipinski definition) is 1. The fourth-order valence-corrected chi connectivity index (χ4v) is 3.32. The number of ether oxygens (including phenoxy) is 1. The highest BCUT2D eigenvalue weighted by molar-refractivity contribution is 6.32. The van der Waals surface area contributed by atoms with Gasteiger partial charge in [0.2, 0.25) is 0 Å². The number of benzene rings is 3. The van der Waals surface area contributed by atoms with Crippen molar-refractivity contribution in [3.63, 3.8) is 0 Å². The Hall–Kier alpha value is -3.57. The number of halogens is 1. The Kier molecular flexibility index (Phi) is 5.06. The van der Waals surface area contributed by atoms with Crippen LogP contribution < -0.4 is 10.3 Å². The molecule has 0 aliphatic heterocycles. The van der Waals surface area contributed by atoms with E-state index in [-0.39, 0.29) is 22.1 Å². The van der Waals surface area contributed by atoms with Crippen LogP contribution in [0.1, 0.15) is 11.4 Å². The van der Waals surface area contributed by atoms with Crippen LogP contribution in [0.15, 0.2) is 71.5 Å². The van der Waals surface area contributed by atoms with Gasteiger partial charge in [-0.15, -0.1) is 0 Å². The molecule has 0 atom stereocenters. The molecular formula is C23H17ClN2O3. The molecule has 3 aromatic carbocycles. The second-order valence-corrected chi connectivity index (χ2v) is 6.76. The highest BCUT2D eigenvalue weighted by Gasteiger charge is 2.11. The van der Waals surface area contributed by atoms with Gasteiger partial charge in [0.15, 0.2) is 11.5 Å². The van der Waals surface area contributed by atoms with Gasteiger partial charge in [0.1, 0.15) is 5.82 Å². The van der Waals surface area contributed by atoms with Crippen molar-refractivity contribution in [3.8, 4) is 17.2 Å². The molecule has 144 valence electrons. The van der Waals surface area contributed by atoms with Crippen molar-refractivity contribution in [1.82, 2.24) is 9.55 Å². The van der Waals surface area contributed by atoms with E-state index in [1.54, 1.807) is 34.9 Å². The van der Waals surface area contributed by atoms with E-state index in [4.69, 9.17) is 16.3 Å². The first-order chi connectivity index (χ1) is 14.1. The zero-order valence-corrected chi connectivity index (χ0v) is 16.3. The number of fused-ring (bicyclic) bond motifs is 1. The molecule has 4 rings (SSSR count). The van der Waals surface area contributed by atoms with Crippen molar-refractivity contribution in [3.05, 3.63) is 93.5 Å². The number of rotatable bonds is 4. The molecule has 1 aromatic heterocycles. The van der Waals surface area contributed by atoms with E-state index in [1.807, 2.05) is 48.5 Å². The standard InChI is InChI=1S/C23H17ClN2O3/c1-29-20-14-15(13-18(24)22(20)27)11-12-21-25-19-10-6-5-9-17(19)23(28)26(21)16-7-3-2-4-8-16/h2-14,27H,1H3/b12-11+. The Bertz CT molecular complexity index is 1280. The van der Waals surface area contributed by atoms with Crippen LogP contribution in [0.2, 0.25) is 5.02 Å². The van der Waals surface area contributed by atoms with Gasteiger partial charge < -0.3 is 9.84 Å². The van der Waals surface area contributed by atoms with E-state index < -0.39 is 0 Å². The highest BCUT2D eigenvalue weighted by atomic mass is 35.5. The van der Waals surface area contributed by atoms with Crippen LogP contribution in [-0.2, 0) is 0 Å². The quantitative estimate of drug-likeness (QED) is 0.524. The van der Waals surface area contributed by atoms with Gasteiger partial charge in [-0.2, -0.15) is 0 Å². The largest absolute Gasteiger partial charge is 0.503 e. The van der Waals surface area contributed by atoms with E-state index >= 15 is 0 Å². The summed E-state index contributed by atoms with van der Waals surface area (Å²) in [5.74, 6) is 0.628.